The Morgan fingerprint density at radius 1 is 0.710 bits per heavy atom. The lowest BCUT2D eigenvalue weighted by Crippen LogP contribution is -2.45. The number of ether oxygens (including phenoxy) is 3. The van der Waals surface area contributed by atoms with Gasteiger partial charge in [-0.2, -0.15) is 0 Å². The molecule has 0 saturated heterocycles. The van der Waals surface area contributed by atoms with E-state index < -0.39 is 52.7 Å². The fourth-order valence-corrected chi connectivity index (χ4v) is 2.32. The molecule has 2 atom stereocenters. The van der Waals surface area contributed by atoms with Crippen molar-refractivity contribution in [1.29, 1.82) is 0 Å². The summed E-state index contributed by atoms with van der Waals surface area (Å²) in [7, 11) is 0. The lowest BCUT2D eigenvalue weighted by Gasteiger charge is -2.25. The maximum atomic E-state index is 12.5. The minimum absolute atomic E-state index is 0.0215. The van der Waals surface area contributed by atoms with Crippen molar-refractivity contribution in [1.82, 2.24) is 5.32 Å². The van der Waals surface area contributed by atoms with Gasteiger partial charge in [0.2, 0.25) is 5.91 Å². The van der Waals surface area contributed by atoms with Crippen LogP contribution in [0.3, 0.4) is 0 Å². The molecule has 0 unspecified atom stereocenters. The molecule has 1 amide bonds. The quantitative estimate of drug-likeness (QED) is 0.409. The van der Waals surface area contributed by atoms with Gasteiger partial charge in [-0.05, 0) is 75.2 Å². The molecule has 0 aliphatic carbocycles. The number of rotatable bonds is 9. The van der Waals surface area contributed by atoms with E-state index in [1.165, 1.54) is 0 Å². The summed E-state index contributed by atoms with van der Waals surface area (Å²) in [6.45, 7) is 15.5. The van der Waals surface area contributed by atoms with Crippen molar-refractivity contribution >= 4 is 23.8 Å². The molecular weight excluding hydrogens is 404 g/mol. The minimum atomic E-state index is -1.03. The second-order valence-corrected chi connectivity index (χ2v) is 10.5. The Morgan fingerprint density at radius 2 is 1.16 bits per heavy atom. The highest BCUT2D eigenvalue weighted by atomic mass is 16.6. The smallest absolute Gasteiger partial charge is 0.329 e. The predicted octanol–water partition coefficient (Wildman–Crippen LogP) is 2.38. The number of amides is 1. The highest BCUT2D eigenvalue weighted by Gasteiger charge is 2.29. The summed E-state index contributed by atoms with van der Waals surface area (Å²) in [6.07, 6.45) is -0.0907. The van der Waals surface area contributed by atoms with E-state index in [0.29, 0.717) is 0 Å². The zero-order valence-corrected chi connectivity index (χ0v) is 20.4. The highest BCUT2D eigenvalue weighted by Crippen LogP contribution is 2.14. The molecule has 0 aliphatic heterocycles. The Labute approximate surface area is 185 Å². The molecule has 9 nitrogen and oxygen atoms in total. The van der Waals surface area contributed by atoms with Crippen molar-refractivity contribution < 1.29 is 33.4 Å². The molecule has 0 saturated carbocycles. The van der Waals surface area contributed by atoms with Crippen LogP contribution in [0.15, 0.2) is 0 Å². The molecule has 31 heavy (non-hydrogen) atoms. The fourth-order valence-electron chi connectivity index (χ4n) is 2.32. The summed E-state index contributed by atoms with van der Waals surface area (Å²) in [5.41, 5.74) is 3.70. The van der Waals surface area contributed by atoms with Gasteiger partial charge in [0.15, 0.2) is 0 Å². The summed E-state index contributed by atoms with van der Waals surface area (Å²) >= 11 is 0. The number of carbonyl (C=O) groups excluding carboxylic acids is 4. The molecule has 3 N–H and O–H groups in total. The van der Waals surface area contributed by atoms with E-state index >= 15 is 0 Å². The monoisotopic (exact) mass is 444 g/mol. The van der Waals surface area contributed by atoms with Gasteiger partial charge in [0.05, 0.1) is 0 Å². The van der Waals surface area contributed by atoms with Crippen LogP contribution in [-0.2, 0) is 33.4 Å². The summed E-state index contributed by atoms with van der Waals surface area (Å²) in [5.74, 6) is -2.23. The summed E-state index contributed by atoms with van der Waals surface area (Å²) in [4.78, 5) is 48.8. The zero-order chi connectivity index (χ0) is 24.6. The van der Waals surface area contributed by atoms with Gasteiger partial charge in [0.1, 0.15) is 28.9 Å². The van der Waals surface area contributed by atoms with Gasteiger partial charge >= 0.3 is 17.9 Å². The molecule has 0 aromatic carbocycles. The number of hydrogen-bond donors (Lipinski definition) is 2. The molecule has 9 heteroatoms. The first kappa shape index (κ1) is 28.8. The van der Waals surface area contributed by atoms with Gasteiger partial charge in [-0.15, -0.1) is 0 Å². The van der Waals surface area contributed by atoms with Crippen LogP contribution in [0.4, 0.5) is 0 Å². The number of nitrogens with two attached hydrogens (primary N) is 1. The van der Waals surface area contributed by atoms with Crippen LogP contribution in [0.1, 0.15) is 88.0 Å². The van der Waals surface area contributed by atoms with Crippen LogP contribution >= 0.6 is 0 Å². The standard InChI is InChI=1S/C22H40N2O7/c1-20(2,3)29-17(26)13-11-15(19(28)31-22(7,8)9)24-16(25)12-10-14(23)18(27)30-21(4,5)6/h14-15H,10-13,23H2,1-9H3,(H,24,25)/t14-,15-/m0/s1. The van der Waals surface area contributed by atoms with Crippen molar-refractivity contribution in [2.24, 2.45) is 5.73 Å². The number of nitrogens with one attached hydrogen (secondary N) is 1. The summed E-state index contributed by atoms with van der Waals surface area (Å²) in [5, 5.41) is 2.57. The lowest BCUT2D eigenvalue weighted by molar-refractivity contribution is -0.161. The normalized spacial score (nSPS) is 14.3. The first-order chi connectivity index (χ1) is 13.8. The average Bonchev–Trinajstić information content (AvgIpc) is 2.51. The van der Waals surface area contributed by atoms with Gasteiger partial charge in [0.25, 0.3) is 0 Å². The van der Waals surface area contributed by atoms with Crippen LogP contribution in [-0.4, -0.2) is 52.7 Å². The highest BCUT2D eigenvalue weighted by molar-refractivity contribution is 5.85. The molecule has 0 bridgehead atoms. The molecule has 0 radical (unpaired) electrons. The fraction of sp³-hybridized carbons (Fsp3) is 0.818. The molecule has 0 rings (SSSR count). The second kappa shape index (κ2) is 11.5. The maximum Gasteiger partial charge on any atom is 0.329 e. The molecule has 0 heterocycles. The van der Waals surface area contributed by atoms with Crippen molar-refractivity contribution in [2.75, 3.05) is 0 Å². The summed E-state index contributed by atoms with van der Waals surface area (Å²) in [6, 6.07) is -2.00. The van der Waals surface area contributed by atoms with Crippen molar-refractivity contribution in [3.8, 4) is 0 Å². The SMILES string of the molecule is CC(C)(C)OC(=O)CC[C@H](NC(=O)CC[C@H](N)C(=O)OC(C)(C)C)C(=O)OC(C)(C)C. The Bertz CT molecular complexity index is 640. The van der Waals surface area contributed by atoms with E-state index in [1.807, 2.05) is 0 Å². The minimum Gasteiger partial charge on any atom is -0.460 e. The van der Waals surface area contributed by atoms with Gasteiger partial charge < -0.3 is 25.3 Å². The molecule has 0 aromatic rings. The third-order valence-corrected chi connectivity index (χ3v) is 3.48. The van der Waals surface area contributed by atoms with Gasteiger partial charge in [0, 0.05) is 12.8 Å². The van der Waals surface area contributed by atoms with Gasteiger partial charge in [-0.3, -0.25) is 14.4 Å². The first-order valence-electron chi connectivity index (χ1n) is 10.5. The van der Waals surface area contributed by atoms with E-state index in [9.17, 15) is 19.2 Å². The third kappa shape index (κ3) is 15.3. The zero-order valence-electron chi connectivity index (χ0n) is 20.4. The average molecular weight is 445 g/mol. The van der Waals surface area contributed by atoms with Crippen molar-refractivity contribution in [3.63, 3.8) is 0 Å². The second-order valence-electron chi connectivity index (χ2n) is 10.5. The Kier molecular flexibility index (Phi) is 10.7. The molecule has 0 spiro atoms. The van der Waals surface area contributed by atoms with Crippen LogP contribution in [0.5, 0.6) is 0 Å². The first-order valence-corrected chi connectivity index (χ1v) is 10.5. The van der Waals surface area contributed by atoms with Gasteiger partial charge in [-0.1, -0.05) is 0 Å². The Morgan fingerprint density at radius 3 is 1.61 bits per heavy atom. The number of hydrogen-bond acceptors (Lipinski definition) is 8. The molecule has 0 aliphatic rings. The van der Waals surface area contributed by atoms with E-state index in [2.05, 4.69) is 5.32 Å². The molecule has 180 valence electrons. The van der Waals surface area contributed by atoms with Crippen LogP contribution < -0.4 is 11.1 Å². The van der Waals surface area contributed by atoms with Crippen LogP contribution in [0.25, 0.3) is 0 Å². The lowest BCUT2D eigenvalue weighted by atomic mass is 10.1. The van der Waals surface area contributed by atoms with E-state index in [-0.39, 0.29) is 25.7 Å². The van der Waals surface area contributed by atoms with E-state index in [0.717, 1.165) is 0 Å². The van der Waals surface area contributed by atoms with Gasteiger partial charge in [-0.25, -0.2) is 4.79 Å². The van der Waals surface area contributed by atoms with Crippen LogP contribution in [0, 0.1) is 0 Å². The maximum absolute atomic E-state index is 12.5. The molecule has 0 aromatic heterocycles. The van der Waals surface area contributed by atoms with Crippen LogP contribution in [0.2, 0.25) is 0 Å². The molecular formula is C22H40N2O7. The summed E-state index contributed by atoms with van der Waals surface area (Å²) < 4.78 is 15.8. The largest absolute Gasteiger partial charge is 0.460 e. The number of esters is 3. The topological polar surface area (TPSA) is 134 Å². The van der Waals surface area contributed by atoms with E-state index in [4.69, 9.17) is 19.9 Å². The van der Waals surface area contributed by atoms with E-state index in [1.54, 1.807) is 62.3 Å². The van der Waals surface area contributed by atoms with Crippen molar-refractivity contribution in [2.45, 2.75) is 117 Å². The predicted molar refractivity (Wildman–Crippen MR) is 116 cm³/mol. The number of carbonyl (C=O) groups is 4. The molecule has 0 fully saturated rings. The Balaban J connectivity index is 4.93. The van der Waals surface area contributed by atoms with Crippen molar-refractivity contribution in [3.05, 3.63) is 0 Å². The Hall–Kier alpha value is -2.16. The third-order valence-electron chi connectivity index (χ3n) is 3.48.